The van der Waals surface area contributed by atoms with Gasteiger partial charge in [0, 0.05) is 35.9 Å². The molecule has 0 atom stereocenters. The van der Waals surface area contributed by atoms with Gasteiger partial charge in [0.1, 0.15) is 18.0 Å². The Bertz CT molecular complexity index is 678. The van der Waals surface area contributed by atoms with Crippen LogP contribution in [-0.4, -0.2) is 29.0 Å². The average molecular weight is 328 g/mol. The Hall–Kier alpha value is -2.67. The second kappa shape index (κ2) is 7.74. The van der Waals surface area contributed by atoms with Crippen molar-refractivity contribution in [3.8, 4) is 0 Å². The van der Waals surface area contributed by atoms with Gasteiger partial charge in [-0.25, -0.2) is 9.97 Å². The summed E-state index contributed by atoms with van der Waals surface area (Å²) in [7, 11) is 0. The highest BCUT2D eigenvalue weighted by Crippen LogP contribution is 2.21. The van der Waals surface area contributed by atoms with E-state index >= 15 is 0 Å². The van der Waals surface area contributed by atoms with Crippen molar-refractivity contribution in [2.45, 2.75) is 20.8 Å². The van der Waals surface area contributed by atoms with E-state index < -0.39 is 5.41 Å². The third-order valence-corrected chi connectivity index (χ3v) is 3.21. The molecule has 5 N–H and O–H groups in total. The summed E-state index contributed by atoms with van der Waals surface area (Å²) in [4.78, 5) is 20.3. The van der Waals surface area contributed by atoms with E-state index in [1.807, 2.05) is 51.1 Å². The van der Waals surface area contributed by atoms with E-state index in [0.717, 1.165) is 11.4 Å². The van der Waals surface area contributed by atoms with Gasteiger partial charge in [0.15, 0.2) is 0 Å². The molecule has 1 aromatic carbocycles. The van der Waals surface area contributed by atoms with Crippen LogP contribution in [-0.2, 0) is 4.79 Å². The number of aromatic nitrogens is 2. The molecule has 24 heavy (non-hydrogen) atoms. The number of hydrogen-bond donors (Lipinski definition) is 4. The number of hydrogen-bond acceptors (Lipinski definition) is 6. The molecule has 0 saturated heterocycles. The normalized spacial score (nSPS) is 11.0. The van der Waals surface area contributed by atoms with Crippen LogP contribution < -0.4 is 21.7 Å². The number of carbonyl (C=O) groups is 1. The summed E-state index contributed by atoms with van der Waals surface area (Å²) in [5.74, 6) is 1.37. The molecule has 7 heteroatoms. The van der Waals surface area contributed by atoms with Crippen LogP contribution in [0.1, 0.15) is 20.8 Å². The second-order valence-corrected chi connectivity index (χ2v) is 6.41. The van der Waals surface area contributed by atoms with Gasteiger partial charge in [-0.2, -0.15) is 0 Å². The van der Waals surface area contributed by atoms with Crippen molar-refractivity contribution in [2.24, 2.45) is 11.1 Å². The number of nitrogens with one attached hydrogen (secondary N) is 3. The first-order chi connectivity index (χ1) is 11.4. The summed E-state index contributed by atoms with van der Waals surface area (Å²) in [6, 6.07) is 9.27. The van der Waals surface area contributed by atoms with Crippen LogP contribution in [0.3, 0.4) is 0 Å². The fourth-order valence-electron chi connectivity index (χ4n) is 1.83. The number of amides is 1. The Morgan fingerprint density at radius 1 is 1.08 bits per heavy atom. The fourth-order valence-corrected chi connectivity index (χ4v) is 1.83. The van der Waals surface area contributed by atoms with Crippen LogP contribution in [0.15, 0.2) is 36.7 Å². The van der Waals surface area contributed by atoms with Gasteiger partial charge in [-0.1, -0.05) is 20.8 Å². The molecule has 7 nitrogen and oxygen atoms in total. The summed E-state index contributed by atoms with van der Waals surface area (Å²) in [6.45, 7) is 6.82. The molecular weight excluding hydrogens is 304 g/mol. The molecule has 1 amide bonds. The summed E-state index contributed by atoms with van der Waals surface area (Å²) in [5, 5.41) is 9.19. The van der Waals surface area contributed by atoms with Crippen molar-refractivity contribution in [1.29, 1.82) is 0 Å². The molecule has 0 unspecified atom stereocenters. The summed E-state index contributed by atoms with van der Waals surface area (Å²) in [6.07, 6.45) is 1.49. The first-order valence-electron chi connectivity index (χ1n) is 7.83. The van der Waals surface area contributed by atoms with Gasteiger partial charge in [0.25, 0.3) is 0 Å². The highest BCUT2D eigenvalue weighted by Gasteiger charge is 2.20. The first kappa shape index (κ1) is 17.7. The van der Waals surface area contributed by atoms with E-state index in [-0.39, 0.29) is 5.91 Å². The van der Waals surface area contributed by atoms with Crippen LogP contribution in [0.5, 0.6) is 0 Å². The van der Waals surface area contributed by atoms with Gasteiger partial charge >= 0.3 is 0 Å². The molecule has 0 radical (unpaired) electrons. The molecule has 2 aromatic rings. The largest absolute Gasteiger partial charge is 0.369 e. The number of benzene rings is 1. The number of carbonyl (C=O) groups excluding carboxylic acids is 1. The topological polar surface area (TPSA) is 105 Å². The van der Waals surface area contributed by atoms with Crippen LogP contribution >= 0.6 is 0 Å². The molecule has 0 bridgehead atoms. The van der Waals surface area contributed by atoms with Crippen LogP contribution in [0.2, 0.25) is 0 Å². The van der Waals surface area contributed by atoms with E-state index in [1.54, 1.807) is 0 Å². The molecule has 2 rings (SSSR count). The van der Waals surface area contributed by atoms with E-state index in [1.165, 1.54) is 6.33 Å². The van der Waals surface area contributed by atoms with Crippen LogP contribution in [0.4, 0.5) is 23.0 Å². The average Bonchev–Trinajstić information content (AvgIpc) is 2.54. The number of rotatable bonds is 6. The van der Waals surface area contributed by atoms with Gasteiger partial charge in [-0.15, -0.1) is 0 Å². The van der Waals surface area contributed by atoms with Crippen molar-refractivity contribution >= 4 is 28.9 Å². The van der Waals surface area contributed by atoms with Gasteiger partial charge in [-0.3, -0.25) is 4.79 Å². The van der Waals surface area contributed by atoms with Crippen molar-refractivity contribution in [2.75, 3.05) is 29.0 Å². The lowest BCUT2D eigenvalue weighted by Gasteiger charge is -2.17. The van der Waals surface area contributed by atoms with Crippen LogP contribution in [0.25, 0.3) is 0 Å². The lowest BCUT2D eigenvalue weighted by molar-refractivity contribution is -0.123. The van der Waals surface area contributed by atoms with E-state index in [0.29, 0.717) is 24.7 Å². The highest BCUT2D eigenvalue weighted by molar-refractivity contribution is 5.94. The molecular formula is C17H24N6O. The lowest BCUT2D eigenvalue weighted by Crippen LogP contribution is -2.27. The maximum Gasteiger partial charge on any atom is 0.229 e. The minimum absolute atomic E-state index is 0.0189. The number of anilines is 4. The molecule has 0 spiro atoms. The summed E-state index contributed by atoms with van der Waals surface area (Å²) in [5.41, 5.74) is 6.66. The molecule has 0 aliphatic heterocycles. The van der Waals surface area contributed by atoms with Crippen molar-refractivity contribution in [3.05, 3.63) is 36.7 Å². The standard InChI is InChI=1S/C17H24N6O/c1-17(2,3)16(24)23-13-6-4-12(5-7-13)22-15-10-14(19-9-8-18)20-11-21-15/h4-7,10-11H,8-9,18H2,1-3H3,(H,23,24)(H2,19,20,21,22). The summed E-state index contributed by atoms with van der Waals surface area (Å²) >= 11 is 0. The smallest absolute Gasteiger partial charge is 0.229 e. The Kier molecular flexibility index (Phi) is 5.70. The number of nitrogens with two attached hydrogens (primary N) is 1. The van der Waals surface area contributed by atoms with Crippen molar-refractivity contribution in [3.63, 3.8) is 0 Å². The molecule has 1 aromatic heterocycles. The van der Waals surface area contributed by atoms with Gasteiger partial charge in [0.2, 0.25) is 5.91 Å². The molecule has 0 aliphatic carbocycles. The zero-order valence-corrected chi connectivity index (χ0v) is 14.3. The monoisotopic (exact) mass is 328 g/mol. The zero-order valence-electron chi connectivity index (χ0n) is 14.3. The van der Waals surface area contributed by atoms with Crippen molar-refractivity contribution < 1.29 is 4.79 Å². The molecule has 0 aliphatic rings. The summed E-state index contributed by atoms with van der Waals surface area (Å²) < 4.78 is 0. The third-order valence-electron chi connectivity index (χ3n) is 3.21. The van der Waals surface area contributed by atoms with E-state index in [2.05, 4.69) is 25.9 Å². The molecule has 1 heterocycles. The minimum Gasteiger partial charge on any atom is -0.369 e. The second-order valence-electron chi connectivity index (χ2n) is 6.41. The maximum absolute atomic E-state index is 12.0. The predicted octanol–water partition coefficient (Wildman–Crippen LogP) is 2.58. The quantitative estimate of drug-likeness (QED) is 0.649. The fraction of sp³-hybridized carbons (Fsp3) is 0.353. The van der Waals surface area contributed by atoms with E-state index in [9.17, 15) is 4.79 Å². The highest BCUT2D eigenvalue weighted by atomic mass is 16.2. The zero-order chi connectivity index (χ0) is 17.6. The molecule has 0 saturated carbocycles. The lowest BCUT2D eigenvalue weighted by atomic mass is 9.95. The number of nitrogens with zero attached hydrogens (tertiary/aromatic N) is 2. The third kappa shape index (κ3) is 5.20. The Morgan fingerprint density at radius 2 is 1.71 bits per heavy atom. The SMILES string of the molecule is CC(C)(C)C(=O)Nc1ccc(Nc2cc(NCCN)ncn2)cc1. The van der Waals surface area contributed by atoms with Gasteiger partial charge in [0.05, 0.1) is 0 Å². The predicted molar refractivity (Wildman–Crippen MR) is 97.4 cm³/mol. The Morgan fingerprint density at radius 3 is 2.33 bits per heavy atom. The van der Waals surface area contributed by atoms with Gasteiger partial charge in [-0.05, 0) is 24.3 Å². The Balaban J connectivity index is 2.00. The van der Waals surface area contributed by atoms with Crippen LogP contribution in [0, 0.1) is 5.41 Å². The Labute approximate surface area is 142 Å². The van der Waals surface area contributed by atoms with E-state index in [4.69, 9.17) is 5.73 Å². The molecule has 0 fully saturated rings. The minimum atomic E-state index is -0.426. The maximum atomic E-state index is 12.0. The van der Waals surface area contributed by atoms with Crippen molar-refractivity contribution in [1.82, 2.24) is 9.97 Å². The first-order valence-corrected chi connectivity index (χ1v) is 7.83. The van der Waals surface area contributed by atoms with Gasteiger partial charge < -0.3 is 21.7 Å². The molecule has 128 valence electrons.